The molecule has 0 saturated carbocycles. The van der Waals surface area contributed by atoms with E-state index in [2.05, 4.69) is 15.5 Å². The van der Waals surface area contributed by atoms with E-state index in [9.17, 15) is 9.59 Å². The largest absolute Gasteiger partial charge is 0.478 e. The molecule has 1 aliphatic heterocycles. The summed E-state index contributed by atoms with van der Waals surface area (Å²) in [7, 11) is 1.89. The summed E-state index contributed by atoms with van der Waals surface area (Å²) in [5, 5.41) is 21.0. The number of rotatable bonds is 3. The maximum atomic E-state index is 12.4. The first-order valence-electron chi connectivity index (χ1n) is 8.70. The summed E-state index contributed by atoms with van der Waals surface area (Å²) in [6.07, 6.45) is 1.84. The number of fused-ring (bicyclic) bond motifs is 1. The lowest BCUT2D eigenvalue weighted by atomic mass is 10.0. The molecule has 8 nitrogen and oxygen atoms in total. The molecule has 1 amide bonds. The maximum Gasteiger partial charge on any atom is 0.335 e. The topological polar surface area (TPSA) is 102 Å². The second kappa shape index (κ2) is 6.83. The fourth-order valence-corrected chi connectivity index (χ4v) is 4.58. The number of hydrogen-bond acceptors (Lipinski definition) is 5. The molecule has 9 heteroatoms. The Hall–Kier alpha value is -3.07. The molecule has 0 radical (unpaired) electrons. The molecule has 1 aromatic carbocycles. The Morgan fingerprint density at radius 2 is 2.00 bits per heavy atom. The van der Waals surface area contributed by atoms with Crippen LogP contribution in [-0.2, 0) is 11.8 Å². The van der Waals surface area contributed by atoms with Gasteiger partial charge >= 0.3 is 5.97 Å². The average molecular weight is 397 g/mol. The van der Waals surface area contributed by atoms with Crippen molar-refractivity contribution < 1.29 is 14.7 Å². The molecule has 0 fully saturated rings. The monoisotopic (exact) mass is 397 g/mol. The number of nitrogens with one attached hydrogen (secondary N) is 1. The van der Waals surface area contributed by atoms with Crippen LogP contribution in [0.3, 0.4) is 0 Å². The van der Waals surface area contributed by atoms with Gasteiger partial charge in [-0.05, 0) is 38.1 Å². The van der Waals surface area contributed by atoms with E-state index in [4.69, 9.17) is 5.11 Å². The average Bonchev–Trinajstić information content (AvgIpc) is 3.10. The van der Waals surface area contributed by atoms with Crippen molar-refractivity contribution in [2.45, 2.75) is 19.1 Å². The summed E-state index contributed by atoms with van der Waals surface area (Å²) in [5.74, 6) is -0.147. The molecule has 0 bridgehead atoms. The molecular weight excluding hydrogens is 378 g/mol. The van der Waals surface area contributed by atoms with E-state index in [-0.39, 0.29) is 16.7 Å². The third-order valence-electron chi connectivity index (χ3n) is 4.92. The van der Waals surface area contributed by atoms with Gasteiger partial charge in [0.2, 0.25) is 5.91 Å². The predicted octanol–water partition coefficient (Wildman–Crippen LogP) is 2.70. The number of anilines is 1. The third-order valence-corrected chi connectivity index (χ3v) is 6.17. The van der Waals surface area contributed by atoms with E-state index < -0.39 is 5.97 Å². The molecule has 1 aliphatic rings. The number of aromatic carboxylic acids is 1. The van der Waals surface area contributed by atoms with Gasteiger partial charge in [-0.25, -0.2) is 9.48 Å². The number of aryl methyl sites for hydroxylation is 2. The summed E-state index contributed by atoms with van der Waals surface area (Å²) in [6.45, 7) is 3.92. The molecule has 3 heterocycles. The summed E-state index contributed by atoms with van der Waals surface area (Å²) in [4.78, 5) is 23.5. The Balaban J connectivity index is 1.86. The third kappa shape index (κ3) is 2.97. The van der Waals surface area contributed by atoms with Gasteiger partial charge in [-0.2, -0.15) is 10.2 Å². The van der Waals surface area contributed by atoms with E-state index in [0.29, 0.717) is 17.3 Å². The highest BCUT2D eigenvalue weighted by molar-refractivity contribution is 8.00. The number of carboxylic acids is 1. The molecule has 1 atom stereocenters. The van der Waals surface area contributed by atoms with Crippen LogP contribution in [0.5, 0.6) is 0 Å². The van der Waals surface area contributed by atoms with Crippen molar-refractivity contribution in [3.63, 3.8) is 0 Å². The predicted molar refractivity (Wildman–Crippen MR) is 106 cm³/mol. The Morgan fingerprint density at radius 3 is 2.61 bits per heavy atom. The molecular formula is C19H19N5O3S. The summed E-state index contributed by atoms with van der Waals surface area (Å²) >= 11 is 1.55. The SMILES string of the molecule is Cc1nn(-c2ccc(C(=O)O)cc2)c2c1[C@H](c1cnn(C)c1C)SCC(=O)N2. The van der Waals surface area contributed by atoms with Crippen molar-refractivity contribution >= 4 is 29.5 Å². The van der Waals surface area contributed by atoms with E-state index in [0.717, 1.165) is 22.5 Å². The molecule has 28 heavy (non-hydrogen) atoms. The van der Waals surface area contributed by atoms with Crippen LogP contribution < -0.4 is 5.32 Å². The first-order valence-corrected chi connectivity index (χ1v) is 9.75. The fraction of sp³-hybridized carbons (Fsp3) is 0.263. The van der Waals surface area contributed by atoms with Crippen LogP contribution in [0.25, 0.3) is 5.69 Å². The van der Waals surface area contributed by atoms with E-state index in [1.54, 1.807) is 28.6 Å². The van der Waals surface area contributed by atoms with Gasteiger partial charge in [-0.15, -0.1) is 11.8 Å². The minimum Gasteiger partial charge on any atom is -0.478 e. The number of carbonyl (C=O) groups excluding carboxylic acids is 1. The van der Waals surface area contributed by atoms with Gasteiger partial charge in [-0.3, -0.25) is 9.48 Å². The van der Waals surface area contributed by atoms with Crippen LogP contribution in [0, 0.1) is 13.8 Å². The summed E-state index contributed by atoms with van der Waals surface area (Å²) in [5.41, 5.74) is 4.71. The van der Waals surface area contributed by atoms with Crippen LogP contribution in [0.1, 0.15) is 38.1 Å². The molecule has 2 N–H and O–H groups in total. The number of carboxylic acid groups (broad SMARTS) is 1. The lowest BCUT2D eigenvalue weighted by molar-refractivity contribution is -0.113. The number of carbonyl (C=O) groups is 2. The number of aromatic nitrogens is 4. The molecule has 0 unspecified atom stereocenters. The summed E-state index contributed by atoms with van der Waals surface area (Å²) in [6, 6.07) is 6.42. The van der Waals surface area contributed by atoms with Gasteiger partial charge in [0.15, 0.2) is 0 Å². The van der Waals surface area contributed by atoms with Gasteiger partial charge < -0.3 is 10.4 Å². The number of amides is 1. The smallest absolute Gasteiger partial charge is 0.335 e. The Labute approximate surface area is 165 Å². The highest BCUT2D eigenvalue weighted by Gasteiger charge is 2.32. The van der Waals surface area contributed by atoms with Crippen LogP contribution in [-0.4, -0.2) is 42.3 Å². The first-order chi connectivity index (χ1) is 13.4. The number of thioether (sulfide) groups is 1. The van der Waals surface area contributed by atoms with Crippen molar-refractivity contribution in [3.05, 3.63) is 58.5 Å². The standard InChI is InChI=1S/C19H19N5O3S/c1-10-16-17(14-8-20-23(3)11(14)2)28-9-15(25)21-18(16)24(22-10)13-6-4-12(5-7-13)19(26)27/h4-8,17H,9H2,1-3H3,(H,21,25)(H,26,27)/t17-/m0/s1. The van der Waals surface area contributed by atoms with Crippen LogP contribution >= 0.6 is 11.8 Å². The number of nitrogens with zero attached hydrogens (tertiary/aromatic N) is 4. The molecule has 0 saturated heterocycles. The molecule has 144 valence electrons. The fourth-order valence-electron chi connectivity index (χ4n) is 3.33. The van der Waals surface area contributed by atoms with Gasteiger partial charge in [0, 0.05) is 23.9 Å². The van der Waals surface area contributed by atoms with Crippen LogP contribution in [0.4, 0.5) is 5.82 Å². The molecule has 0 aliphatic carbocycles. The lowest BCUT2D eigenvalue weighted by Crippen LogP contribution is -2.15. The summed E-state index contributed by atoms with van der Waals surface area (Å²) < 4.78 is 3.48. The Bertz CT molecular complexity index is 1080. The normalized spacial score (nSPS) is 16.4. The molecule has 2 aromatic heterocycles. The van der Waals surface area contributed by atoms with E-state index in [1.165, 1.54) is 12.1 Å². The van der Waals surface area contributed by atoms with Crippen LogP contribution in [0.15, 0.2) is 30.5 Å². The van der Waals surface area contributed by atoms with Crippen molar-refractivity contribution in [2.24, 2.45) is 7.05 Å². The van der Waals surface area contributed by atoms with Crippen molar-refractivity contribution in [1.29, 1.82) is 0 Å². The Morgan fingerprint density at radius 1 is 1.29 bits per heavy atom. The van der Waals surface area contributed by atoms with Crippen molar-refractivity contribution in [1.82, 2.24) is 19.6 Å². The van der Waals surface area contributed by atoms with Gasteiger partial charge in [0.05, 0.1) is 34.1 Å². The zero-order valence-corrected chi connectivity index (χ0v) is 16.4. The molecule has 4 rings (SSSR count). The zero-order valence-electron chi connectivity index (χ0n) is 15.6. The van der Waals surface area contributed by atoms with Gasteiger partial charge in [0.25, 0.3) is 0 Å². The Kier molecular flexibility index (Phi) is 4.46. The number of benzene rings is 1. The molecule has 3 aromatic rings. The lowest BCUT2D eigenvalue weighted by Gasteiger charge is -2.14. The van der Waals surface area contributed by atoms with Gasteiger partial charge in [-0.1, -0.05) is 0 Å². The first kappa shape index (κ1) is 18.3. The van der Waals surface area contributed by atoms with E-state index in [1.807, 2.05) is 31.8 Å². The second-order valence-electron chi connectivity index (χ2n) is 6.66. The second-order valence-corrected chi connectivity index (χ2v) is 7.75. The minimum atomic E-state index is -0.987. The maximum absolute atomic E-state index is 12.4. The zero-order chi connectivity index (χ0) is 20.0. The highest BCUT2D eigenvalue weighted by atomic mass is 32.2. The molecule has 0 spiro atoms. The van der Waals surface area contributed by atoms with Gasteiger partial charge in [0.1, 0.15) is 5.82 Å². The highest BCUT2D eigenvalue weighted by Crippen LogP contribution is 2.44. The van der Waals surface area contributed by atoms with Crippen LogP contribution in [0.2, 0.25) is 0 Å². The minimum absolute atomic E-state index is 0.0744. The number of hydrogen-bond donors (Lipinski definition) is 2. The quantitative estimate of drug-likeness (QED) is 0.705. The van der Waals surface area contributed by atoms with Crippen molar-refractivity contribution in [3.8, 4) is 5.69 Å². The van der Waals surface area contributed by atoms with Crippen molar-refractivity contribution in [2.75, 3.05) is 11.1 Å². The van der Waals surface area contributed by atoms with E-state index >= 15 is 0 Å².